The number of carbonyl (C=O) groups excluding carboxylic acids is 1. The fourth-order valence-corrected chi connectivity index (χ4v) is 2.76. The van der Waals surface area contributed by atoms with Crippen LogP contribution < -0.4 is 10.2 Å². The van der Waals surface area contributed by atoms with Crippen LogP contribution in [-0.2, 0) is 4.79 Å². The number of hydrogen-bond acceptors (Lipinski definition) is 3. The molecule has 0 aromatic heterocycles. The molecule has 4 nitrogen and oxygen atoms in total. The standard InChI is InChI=1S/C16H21N3OS/c1-10-14(11(2)20)15(17-16(21)19(10)5)12-6-8-13(9-7-12)18(3)4/h6-9,15H,1-5H3,(H,17,21)/t15-/m0/s1. The molecule has 1 N–H and O–H groups in total. The van der Waals surface area contributed by atoms with Crippen molar-refractivity contribution in [1.29, 1.82) is 0 Å². The number of nitrogens with zero attached hydrogens (tertiary/aromatic N) is 2. The fourth-order valence-electron chi connectivity index (χ4n) is 2.51. The average molecular weight is 303 g/mol. The summed E-state index contributed by atoms with van der Waals surface area (Å²) in [4.78, 5) is 15.9. The molecule has 1 aliphatic heterocycles. The van der Waals surface area contributed by atoms with Gasteiger partial charge in [-0.1, -0.05) is 12.1 Å². The van der Waals surface area contributed by atoms with Crippen molar-refractivity contribution in [2.45, 2.75) is 19.9 Å². The second-order valence-electron chi connectivity index (χ2n) is 5.48. The largest absolute Gasteiger partial charge is 0.378 e. The summed E-state index contributed by atoms with van der Waals surface area (Å²) in [5, 5.41) is 3.90. The van der Waals surface area contributed by atoms with Gasteiger partial charge >= 0.3 is 0 Å². The summed E-state index contributed by atoms with van der Waals surface area (Å²) in [6.45, 7) is 3.54. The summed E-state index contributed by atoms with van der Waals surface area (Å²) in [6, 6.07) is 7.99. The SMILES string of the molecule is CC(=O)C1=C(C)N(C)C(=S)N[C@H]1c1ccc(N(C)C)cc1. The monoisotopic (exact) mass is 303 g/mol. The molecule has 1 heterocycles. The molecule has 112 valence electrons. The summed E-state index contributed by atoms with van der Waals surface area (Å²) >= 11 is 5.35. The highest BCUT2D eigenvalue weighted by atomic mass is 32.1. The van der Waals surface area contributed by atoms with Gasteiger partial charge in [0.2, 0.25) is 0 Å². The van der Waals surface area contributed by atoms with Gasteiger partial charge in [0.25, 0.3) is 0 Å². The number of nitrogens with one attached hydrogen (secondary N) is 1. The van der Waals surface area contributed by atoms with E-state index in [-0.39, 0.29) is 11.8 Å². The van der Waals surface area contributed by atoms with Crippen molar-refractivity contribution in [3.63, 3.8) is 0 Å². The van der Waals surface area contributed by atoms with Crippen LogP contribution in [0.2, 0.25) is 0 Å². The molecule has 0 amide bonds. The van der Waals surface area contributed by atoms with Gasteiger partial charge in [-0.15, -0.1) is 0 Å². The summed E-state index contributed by atoms with van der Waals surface area (Å²) in [5.74, 6) is 0.0658. The lowest BCUT2D eigenvalue weighted by Gasteiger charge is -2.35. The van der Waals surface area contributed by atoms with Crippen molar-refractivity contribution in [2.24, 2.45) is 0 Å². The molecule has 5 heteroatoms. The number of ketones is 1. The normalized spacial score (nSPS) is 18.6. The van der Waals surface area contributed by atoms with Crippen LogP contribution in [0.3, 0.4) is 0 Å². The maximum Gasteiger partial charge on any atom is 0.173 e. The Morgan fingerprint density at radius 2 is 1.86 bits per heavy atom. The van der Waals surface area contributed by atoms with E-state index in [4.69, 9.17) is 12.2 Å². The second-order valence-corrected chi connectivity index (χ2v) is 5.87. The van der Waals surface area contributed by atoms with Gasteiger partial charge in [0.15, 0.2) is 10.9 Å². The molecule has 2 rings (SSSR count). The highest BCUT2D eigenvalue weighted by Crippen LogP contribution is 2.31. The van der Waals surface area contributed by atoms with Crippen LogP contribution in [0.5, 0.6) is 0 Å². The molecule has 0 spiro atoms. The highest BCUT2D eigenvalue weighted by molar-refractivity contribution is 7.80. The first kappa shape index (κ1) is 15.5. The first-order valence-corrected chi connectivity index (χ1v) is 7.27. The van der Waals surface area contributed by atoms with Gasteiger partial charge in [-0.2, -0.15) is 0 Å². The highest BCUT2D eigenvalue weighted by Gasteiger charge is 2.30. The van der Waals surface area contributed by atoms with E-state index in [0.717, 1.165) is 22.5 Å². The molecule has 0 aliphatic carbocycles. The van der Waals surface area contributed by atoms with E-state index in [9.17, 15) is 4.79 Å². The lowest BCUT2D eigenvalue weighted by Crippen LogP contribution is -2.45. The Kier molecular flexibility index (Phi) is 4.32. The van der Waals surface area contributed by atoms with Crippen LogP contribution in [0.1, 0.15) is 25.5 Å². The lowest BCUT2D eigenvalue weighted by atomic mass is 9.92. The minimum absolute atomic E-state index is 0.0658. The molecule has 0 radical (unpaired) electrons. The van der Waals surface area contributed by atoms with Crippen LogP contribution in [0.4, 0.5) is 5.69 Å². The zero-order valence-corrected chi connectivity index (χ0v) is 13.9. The number of benzene rings is 1. The van der Waals surface area contributed by atoms with E-state index in [2.05, 4.69) is 5.32 Å². The quantitative estimate of drug-likeness (QED) is 0.868. The molecule has 1 aromatic carbocycles. The minimum Gasteiger partial charge on any atom is -0.378 e. The van der Waals surface area contributed by atoms with E-state index in [1.54, 1.807) is 6.92 Å². The maximum atomic E-state index is 12.0. The second kappa shape index (κ2) is 5.85. The third-order valence-corrected chi connectivity index (χ3v) is 4.27. The van der Waals surface area contributed by atoms with Crippen LogP contribution in [0.15, 0.2) is 35.5 Å². The fraction of sp³-hybridized carbons (Fsp3) is 0.375. The lowest BCUT2D eigenvalue weighted by molar-refractivity contribution is -0.114. The maximum absolute atomic E-state index is 12.0. The molecule has 1 atom stereocenters. The predicted molar refractivity (Wildman–Crippen MR) is 90.4 cm³/mol. The van der Waals surface area contributed by atoms with E-state index < -0.39 is 0 Å². The molecule has 1 aliphatic rings. The number of carbonyl (C=O) groups is 1. The Morgan fingerprint density at radius 3 is 2.33 bits per heavy atom. The van der Waals surface area contributed by atoms with Crippen molar-refractivity contribution in [3.05, 3.63) is 41.1 Å². The molecule has 0 saturated heterocycles. The van der Waals surface area contributed by atoms with Crippen molar-refractivity contribution >= 4 is 28.8 Å². The van der Waals surface area contributed by atoms with Gasteiger partial charge in [-0.05, 0) is 43.8 Å². The molecular formula is C16H21N3OS. The van der Waals surface area contributed by atoms with Gasteiger partial charge < -0.3 is 15.1 Å². The van der Waals surface area contributed by atoms with Gasteiger partial charge in [-0.3, -0.25) is 4.79 Å². The summed E-state index contributed by atoms with van der Waals surface area (Å²) < 4.78 is 0. The molecule has 0 unspecified atom stereocenters. The van der Waals surface area contributed by atoms with Crippen molar-refractivity contribution in [3.8, 4) is 0 Å². The molecule has 1 aromatic rings. The van der Waals surface area contributed by atoms with Gasteiger partial charge in [-0.25, -0.2) is 0 Å². The Balaban J connectivity index is 2.45. The van der Waals surface area contributed by atoms with Gasteiger partial charge in [0.05, 0.1) is 6.04 Å². The van der Waals surface area contributed by atoms with Crippen LogP contribution >= 0.6 is 12.2 Å². The predicted octanol–water partition coefficient (Wildman–Crippen LogP) is 2.48. The Bertz CT molecular complexity index is 604. The van der Waals surface area contributed by atoms with Crippen LogP contribution in [0, 0.1) is 0 Å². The van der Waals surface area contributed by atoms with Gasteiger partial charge in [0, 0.05) is 38.1 Å². The number of hydrogen-bond donors (Lipinski definition) is 1. The van der Waals surface area contributed by atoms with Crippen LogP contribution in [0.25, 0.3) is 0 Å². The first-order valence-electron chi connectivity index (χ1n) is 6.86. The topological polar surface area (TPSA) is 35.6 Å². The van der Waals surface area contributed by atoms with E-state index >= 15 is 0 Å². The van der Waals surface area contributed by atoms with Crippen molar-refractivity contribution in [1.82, 2.24) is 10.2 Å². The number of allylic oxidation sites excluding steroid dienone is 1. The van der Waals surface area contributed by atoms with E-state index in [1.807, 2.05) is 62.1 Å². The third-order valence-electron chi connectivity index (χ3n) is 3.88. The Morgan fingerprint density at radius 1 is 1.29 bits per heavy atom. The smallest absolute Gasteiger partial charge is 0.173 e. The molecule has 0 bridgehead atoms. The number of rotatable bonds is 3. The molecule has 0 fully saturated rings. The number of thiocarbonyl (C=S) groups is 1. The minimum atomic E-state index is -0.178. The third kappa shape index (κ3) is 2.93. The first-order chi connectivity index (χ1) is 9.82. The number of Topliss-reactive ketones (excluding diaryl/α,β-unsaturated/α-hetero) is 1. The molecule has 0 saturated carbocycles. The van der Waals surface area contributed by atoms with E-state index in [0.29, 0.717) is 5.11 Å². The summed E-state index contributed by atoms with van der Waals surface area (Å²) in [5.41, 5.74) is 3.84. The Hall–Kier alpha value is -1.88. The summed E-state index contributed by atoms with van der Waals surface area (Å²) in [6.07, 6.45) is 0. The zero-order valence-electron chi connectivity index (χ0n) is 13.1. The van der Waals surface area contributed by atoms with Crippen molar-refractivity contribution in [2.75, 3.05) is 26.0 Å². The van der Waals surface area contributed by atoms with E-state index in [1.165, 1.54) is 0 Å². The average Bonchev–Trinajstić information content (AvgIpc) is 2.44. The Labute approximate surface area is 131 Å². The summed E-state index contributed by atoms with van der Waals surface area (Å²) in [7, 11) is 5.88. The zero-order chi connectivity index (χ0) is 15.7. The number of anilines is 1. The van der Waals surface area contributed by atoms with Crippen LogP contribution in [-0.4, -0.2) is 36.9 Å². The molecule has 21 heavy (non-hydrogen) atoms. The van der Waals surface area contributed by atoms with Crippen molar-refractivity contribution < 1.29 is 4.79 Å². The van der Waals surface area contributed by atoms with Gasteiger partial charge in [0.1, 0.15) is 0 Å². The molecular weight excluding hydrogens is 282 g/mol.